The molecular weight excluding hydrogens is 691 g/mol. The molecule has 0 saturated carbocycles. The van der Waals surface area contributed by atoms with Gasteiger partial charge in [-0.05, 0) is 89.0 Å². The summed E-state index contributed by atoms with van der Waals surface area (Å²) in [5, 5.41) is 7.41. The summed E-state index contributed by atoms with van der Waals surface area (Å²) in [6, 6.07) is 77.5. The summed E-state index contributed by atoms with van der Waals surface area (Å²) in [6.45, 7) is 0. The Morgan fingerprint density at radius 2 is 0.632 bits per heavy atom. The van der Waals surface area contributed by atoms with E-state index in [9.17, 15) is 0 Å². The van der Waals surface area contributed by atoms with Crippen LogP contribution in [0.5, 0.6) is 0 Å². The van der Waals surface area contributed by atoms with Crippen molar-refractivity contribution in [3.8, 4) is 39.3 Å². The molecule has 0 unspecified atom stereocenters. The van der Waals surface area contributed by atoms with E-state index in [1.54, 1.807) is 0 Å². The number of benzene rings is 9. The fourth-order valence-corrected chi connectivity index (χ4v) is 9.33. The van der Waals surface area contributed by atoms with Crippen LogP contribution in [0, 0.1) is 0 Å². The molecule has 57 heavy (non-hydrogen) atoms. The van der Waals surface area contributed by atoms with E-state index in [-0.39, 0.29) is 0 Å². The van der Waals surface area contributed by atoms with E-state index < -0.39 is 0 Å². The van der Waals surface area contributed by atoms with Crippen LogP contribution in [0.4, 0.5) is 0 Å². The number of nitrogens with zero attached hydrogens (tertiary/aromatic N) is 3. The van der Waals surface area contributed by atoms with Gasteiger partial charge in [-0.3, -0.25) is 0 Å². The summed E-state index contributed by atoms with van der Waals surface area (Å²) >= 11 is 0. The lowest BCUT2D eigenvalue weighted by molar-refractivity contribution is 1.15. The molecule has 3 aromatic heterocycles. The van der Waals surface area contributed by atoms with Crippen molar-refractivity contribution < 1.29 is 0 Å². The van der Waals surface area contributed by atoms with Crippen LogP contribution in [0.2, 0.25) is 0 Å². The predicted octanol–water partition coefficient (Wildman–Crippen LogP) is 14.3. The Labute approximate surface area is 329 Å². The number of para-hydroxylation sites is 4. The molecule has 0 amide bonds. The van der Waals surface area contributed by atoms with Crippen molar-refractivity contribution in [2.45, 2.75) is 0 Å². The second kappa shape index (κ2) is 12.5. The van der Waals surface area contributed by atoms with Crippen molar-refractivity contribution in [1.82, 2.24) is 13.7 Å². The monoisotopic (exact) mass is 725 g/mol. The molecule has 3 heterocycles. The van der Waals surface area contributed by atoms with Gasteiger partial charge in [-0.1, -0.05) is 146 Å². The average Bonchev–Trinajstić information content (AvgIpc) is 3.93. The SMILES string of the molecule is c1ccc(-c2cc(-c3ccccc3)cc(-n3c4ccccc4c4ccc5c6ccccc6n(-c6ccc7c(c6)c6ccccc6n7-c6ccccc6)c5c43)c2)cc1. The molecule has 0 radical (unpaired) electrons. The van der Waals surface area contributed by atoms with Crippen LogP contribution in [-0.4, -0.2) is 13.7 Å². The van der Waals surface area contributed by atoms with Gasteiger partial charge in [-0.2, -0.15) is 0 Å². The van der Waals surface area contributed by atoms with Crippen molar-refractivity contribution in [1.29, 1.82) is 0 Å². The average molecular weight is 726 g/mol. The lowest BCUT2D eigenvalue weighted by Crippen LogP contribution is -2.00. The van der Waals surface area contributed by atoms with Crippen LogP contribution in [0.15, 0.2) is 212 Å². The van der Waals surface area contributed by atoms with E-state index in [2.05, 4.69) is 226 Å². The Morgan fingerprint density at radius 1 is 0.211 bits per heavy atom. The minimum Gasteiger partial charge on any atom is -0.309 e. The highest BCUT2D eigenvalue weighted by Crippen LogP contribution is 2.44. The Hall–Kier alpha value is -7.62. The maximum absolute atomic E-state index is 2.51. The fourth-order valence-electron chi connectivity index (χ4n) is 9.33. The third kappa shape index (κ3) is 4.79. The smallest absolute Gasteiger partial charge is 0.0788 e. The molecule has 0 bridgehead atoms. The van der Waals surface area contributed by atoms with Crippen LogP contribution < -0.4 is 0 Å². The first-order chi connectivity index (χ1) is 28.3. The van der Waals surface area contributed by atoms with Crippen LogP contribution in [-0.2, 0) is 0 Å². The molecule has 12 rings (SSSR count). The first kappa shape index (κ1) is 31.7. The van der Waals surface area contributed by atoms with E-state index in [0.29, 0.717) is 0 Å². The van der Waals surface area contributed by atoms with E-state index >= 15 is 0 Å². The standard InChI is InChI=1S/C54H35N3/c1-4-16-36(17-5-1)38-32-39(37-18-6-2-7-19-37)34-42(33-38)57-51-27-15-11-23-44(51)47-30-29-46-43-22-10-14-26-50(43)56(53(46)54(47)57)41-28-31-52-48(35-41)45-24-12-13-25-49(45)55(52)40-20-8-3-9-21-40/h1-35H. The fraction of sp³-hybridized carbons (Fsp3) is 0. The lowest BCUT2D eigenvalue weighted by Gasteiger charge is -2.16. The zero-order chi connectivity index (χ0) is 37.5. The maximum atomic E-state index is 2.51. The molecule has 3 nitrogen and oxygen atoms in total. The number of rotatable bonds is 5. The molecule has 0 atom stereocenters. The zero-order valence-corrected chi connectivity index (χ0v) is 31.0. The van der Waals surface area contributed by atoms with Gasteiger partial charge in [-0.15, -0.1) is 0 Å². The van der Waals surface area contributed by atoms with Crippen LogP contribution in [0.1, 0.15) is 0 Å². The summed E-state index contributed by atoms with van der Waals surface area (Å²) < 4.78 is 7.41. The molecule has 0 N–H and O–H groups in total. The van der Waals surface area contributed by atoms with Gasteiger partial charge in [0.2, 0.25) is 0 Å². The quantitative estimate of drug-likeness (QED) is 0.168. The van der Waals surface area contributed by atoms with Gasteiger partial charge in [0, 0.05) is 49.4 Å². The summed E-state index contributed by atoms with van der Waals surface area (Å²) in [5.41, 5.74) is 15.3. The van der Waals surface area contributed by atoms with Crippen molar-refractivity contribution in [2.24, 2.45) is 0 Å². The number of hydrogen-bond donors (Lipinski definition) is 0. The normalized spacial score (nSPS) is 11.9. The summed E-state index contributed by atoms with van der Waals surface area (Å²) in [7, 11) is 0. The van der Waals surface area contributed by atoms with E-state index in [1.165, 1.54) is 87.7 Å². The van der Waals surface area contributed by atoms with E-state index in [4.69, 9.17) is 0 Å². The van der Waals surface area contributed by atoms with Crippen LogP contribution >= 0.6 is 0 Å². The molecule has 3 heteroatoms. The largest absolute Gasteiger partial charge is 0.309 e. The second-order valence-electron chi connectivity index (χ2n) is 15.0. The number of aromatic nitrogens is 3. The highest BCUT2D eigenvalue weighted by Gasteiger charge is 2.23. The molecule has 0 aliphatic carbocycles. The van der Waals surface area contributed by atoms with E-state index in [1.807, 2.05) is 0 Å². The summed E-state index contributed by atoms with van der Waals surface area (Å²) in [4.78, 5) is 0. The van der Waals surface area contributed by atoms with Gasteiger partial charge < -0.3 is 13.7 Å². The van der Waals surface area contributed by atoms with Crippen LogP contribution in [0.3, 0.4) is 0 Å². The summed E-state index contributed by atoms with van der Waals surface area (Å²) in [5.74, 6) is 0. The molecule has 12 aromatic rings. The Bertz CT molecular complexity index is 3440. The molecule has 0 fully saturated rings. The molecule has 266 valence electrons. The molecule has 0 spiro atoms. The minimum atomic E-state index is 1.13. The zero-order valence-electron chi connectivity index (χ0n) is 31.0. The van der Waals surface area contributed by atoms with Gasteiger partial charge in [0.25, 0.3) is 0 Å². The highest BCUT2D eigenvalue weighted by molar-refractivity contribution is 6.24. The predicted molar refractivity (Wildman–Crippen MR) is 240 cm³/mol. The molecule has 0 saturated heterocycles. The van der Waals surface area contributed by atoms with Crippen molar-refractivity contribution in [2.75, 3.05) is 0 Å². The van der Waals surface area contributed by atoms with Gasteiger partial charge >= 0.3 is 0 Å². The number of fused-ring (bicyclic) bond motifs is 10. The Kier molecular flexibility index (Phi) is 6.93. The van der Waals surface area contributed by atoms with Gasteiger partial charge in [-0.25, -0.2) is 0 Å². The van der Waals surface area contributed by atoms with Crippen molar-refractivity contribution >= 4 is 65.4 Å². The van der Waals surface area contributed by atoms with Crippen LogP contribution in [0.25, 0.3) is 105 Å². The first-order valence-electron chi connectivity index (χ1n) is 19.6. The molecule has 0 aliphatic heterocycles. The third-order valence-corrected chi connectivity index (χ3v) is 11.8. The van der Waals surface area contributed by atoms with Gasteiger partial charge in [0.1, 0.15) is 0 Å². The number of hydrogen-bond acceptors (Lipinski definition) is 0. The molecule has 9 aromatic carbocycles. The molecular formula is C54H35N3. The third-order valence-electron chi connectivity index (χ3n) is 11.8. The Morgan fingerprint density at radius 3 is 1.18 bits per heavy atom. The van der Waals surface area contributed by atoms with Gasteiger partial charge in [0.15, 0.2) is 0 Å². The van der Waals surface area contributed by atoms with Gasteiger partial charge in [0.05, 0.1) is 33.1 Å². The highest BCUT2D eigenvalue weighted by atomic mass is 15.0. The first-order valence-corrected chi connectivity index (χ1v) is 19.6. The maximum Gasteiger partial charge on any atom is 0.0788 e. The van der Waals surface area contributed by atoms with Crippen molar-refractivity contribution in [3.05, 3.63) is 212 Å². The molecule has 0 aliphatic rings. The lowest BCUT2D eigenvalue weighted by atomic mass is 9.98. The minimum absolute atomic E-state index is 1.13. The van der Waals surface area contributed by atoms with E-state index in [0.717, 1.165) is 17.1 Å². The second-order valence-corrected chi connectivity index (χ2v) is 15.0. The Balaban J connectivity index is 1.21. The topological polar surface area (TPSA) is 14.8 Å². The van der Waals surface area contributed by atoms with Crippen molar-refractivity contribution in [3.63, 3.8) is 0 Å². The summed E-state index contributed by atoms with van der Waals surface area (Å²) in [6.07, 6.45) is 0.